The van der Waals surface area contributed by atoms with Crippen LogP contribution in [0.5, 0.6) is 0 Å². The highest BCUT2D eigenvalue weighted by Crippen LogP contribution is 2.16. The standard InChI is InChI=1S/C19H21N5O2S/c25-18(24-10-8-23(9-11-24)14-16-4-2-12-27-16)6-5-17-21-19(22-26-17)15-3-1-7-20-13-15/h1-4,7,12-13H,5-6,8-11,14H2. The number of carbonyl (C=O) groups excluding carboxylic acids is 1. The Labute approximate surface area is 161 Å². The van der Waals surface area contributed by atoms with E-state index in [1.807, 2.05) is 17.0 Å². The number of carbonyl (C=O) groups is 1. The molecule has 1 aliphatic rings. The SMILES string of the molecule is O=C(CCc1nc(-c2cccnc2)no1)N1CCN(Cc2cccs2)CC1. The van der Waals surface area contributed by atoms with Gasteiger partial charge in [0.2, 0.25) is 17.6 Å². The number of piperazine rings is 1. The average Bonchev–Trinajstić information content (AvgIpc) is 3.39. The smallest absolute Gasteiger partial charge is 0.227 e. The van der Waals surface area contributed by atoms with Gasteiger partial charge in [-0.1, -0.05) is 11.2 Å². The van der Waals surface area contributed by atoms with Gasteiger partial charge >= 0.3 is 0 Å². The fourth-order valence-corrected chi connectivity index (χ4v) is 3.87. The van der Waals surface area contributed by atoms with E-state index in [-0.39, 0.29) is 5.91 Å². The van der Waals surface area contributed by atoms with Gasteiger partial charge in [0.05, 0.1) is 0 Å². The summed E-state index contributed by atoms with van der Waals surface area (Å²) in [5.74, 6) is 1.14. The Kier molecular flexibility index (Phi) is 5.55. The lowest BCUT2D eigenvalue weighted by Gasteiger charge is -2.34. The van der Waals surface area contributed by atoms with Gasteiger partial charge < -0.3 is 9.42 Å². The van der Waals surface area contributed by atoms with Crippen LogP contribution in [-0.2, 0) is 17.8 Å². The van der Waals surface area contributed by atoms with E-state index in [9.17, 15) is 4.79 Å². The van der Waals surface area contributed by atoms with Crippen LogP contribution in [0.3, 0.4) is 0 Å². The fraction of sp³-hybridized carbons (Fsp3) is 0.368. The van der Waals surface area contributed by atoms with Crippen molar-refractivity contribution in [3.63, 3.8) is 0 Å². The first-order valence-electron chi connectivity index (χ1n) is 9.03. The molecule has 0 saturated carbocycles. The second kappa shape index (κ2) is 8.41. The second-order valence-corrected chi connectivity index (χ2v) is 7.52. The molecule has 0 bridgehead atoms. The van der Waals surface area contributed by atoms with Crippen molar-refractivity contribution in [2.45, 2.75) is 19.4 Å². The second-order valence-electron chi connectivity index (χ2n) is 6.49. The Morgan fingerprint density at radius 3 is 2.81 bits per heavy atom. The van der Waals surface area contributed by atoms with E-state index in [4.69, 9.17) is 4.52 Å². The quantitative estimate of drug-likeness (QED) is 0.651. The molecule has 0 unspecified atom stereocenters. The van der Waals surface area contributed by atoms with Crippen LogP contribution in [0.25, 0.3) is 11.4 Å². The Morgan fingerprint density at radius 1 is 1.19 bits per heavy atom. The van der Waals surface area contributed by atoms with Gasteiger partial charge in [0.15, 0.2) is 0 Å². The summed E-state index contributed by atoms with van der Waals surface area (Å²) >= 11 is 1.78. The van der Waals surface area contributed by atoms with E-state index in [0.29, 0.717) is 24.6 Å². The molecule has 0 spiro atoms. The predicted molar refractivity (Wildman–Crippen MR) is 102 cm³/mol. The average molecular weight is 383 g/mol. The molecule has 0 aromatic carbocycles. The van der Waals surface area contributed by atoms with Crippen LogP contribution in [0.2, 0.25) is 0 Å². The zero-order valence-corrected chi connectivity index (χ0v) is 15.8. The van der Waals surface area contributed by atoms with Crippen LogP contribution in [0, 0.1) is 0 Å². The van der Waals surface area contributed by atoms with Gasteiger partial charge in [-0.15, -0.1) is 11.3 Å². The van der Waals surface area contributed by atoms with Crippen molar-refractivity contribution in [2.75, 3.05) is 26.2 Å². The topological polar surface area (TPSA) is 75.4 Å². The van der Waals surface area contributed by atoms with Crippen LogP contribution >= 0.6 is 11.3 Å². The minimum absolute atomic E-state index is 0.145. The van der Waals surface area contributed by atoms with E-state index >= 15 is 0 Å². The first kappa shape index (κ1) is 17.8. The Hall–Kier alpha value is -2.58. The van der Waals surface area contributed by atoms with Crippen LogP contribution in [0.1, 0.15) is 17.2 Å². The molecule has 0 atom stereocenters. The van der Waals surface area contributed by atoms with E-state index in [1.165, 1.54) is 4.88 Å². The van der Waals surface area contributed by atoms with Crippen LogP contribution in [0.15, 0.2) is 46.6 Å². The molecule has 4 rings (SSSR count). The van der Waals surface area contributed by atoms with Gasteiger partial charge in [-0.05, 0) is 23.6 Å². The van der Waals surface area contributed by atoms with Gasteiger partial charge in [-0.2, -0.15) is 4.98 Å². The Morgan fingerprint density at radius 2 is 2.07 bits per heavy atom. The number of aromatic nitrogens is 3. The lowest BCUT2D eigenvalue weighted by Crippen LogP contribution is -2.48. The maximum atomic E-state index is 12.5. The molecule has 27 heavy (non-hydrogen) atoms. The summed E-state index contributed by atoms with van der Waals surface area (Å²) in [6.45, 7) is 4.34. The number of rotatable bonds is 6. The molecule has 140 valence electrons. The summed E-state index contributed by atoms with van der Waals surface area (Å²) in [5, 5.41) is 6.07. The lowest BCUT2D eigenvalue weighted by atomic mass is 10.2. The number of aryl methyl sites for hydroxylation is 1. The highest BCUT2D eigenvalue weighted by molar-refractivity contribution is 7.09. The molecular weight excluding hydrogens is 362 g/mol. The number of nitrogens with zero attached hydrogens (tertiary/aromatic N) is 5. The third-order valence-corrected chi connectivity index (χ3v) is 5.49. The monoisotopic (exact) mass is 383 g/mol. The van der Waals surface area contributed by atoms with E-state index < -0.39 is 0 Å². The normalized spacial score (nSPS) is 15.2. The van der Waals surface area contributed by atoms with Gasteiger partial charge in [-0.3, -0.25) is 14.7 Å². The van der Waals surface area contributed by atoms with Crippen LogP contribution in [-0.4, -0.2) is 57.0 Å². The molecule has 8 heteroatoms. The molecular formula is C19H21N5O2S. The summed E-state index contributed by atoms with van der Waals surface area (Å²) in [6.07, 6.45) is 4.24. The summed E-state index contributed by atoms with van der Waals surface area (Å²) in [4.78, 5) is 26.6. The Balaban J connectivity index is 1.24. The minimum Gasteiger partial charge on any atom is -0.340 e. The minimum atomic E-state index is 0.145. The van der Waals surface area contributed by atoms with E-state index in [1.54, 1.807) is 23.7 Å². The van der Waals surface area contributed by atoms with Crippen molar-refractivity contribution in [2.24, 2.45) is 0 Å². The molecule has 1 amide bonds. The van der Waals surface area contributed by atoms with Gasteiger partial charge in [-0.25, -0.2) is 0 Å². The molecule has 1 fully saturated rings. The number of amides is 1. The molecule has 3 aromatic heterocycles. The molecule has 7 nitrogen and oxygen atoms in total. The number of hydrogen-bond acceptors (Lipinski definition) is 7. The van der Waals surface area contributed by atoms with E-state index in [2.05, 4.69) is 37.5 Å². The highest BCUT2D eigenvalue weighted by atomic mass is 32.1. The summed E-state index contributed by atoms with van der Waals surface area (Å²) in [5.41, 5.74) is 0.806. The van der Waals surface area contributed by atoms with E-state index in [0.717, 1.165) is 38.3 Å². The summed E-state index contributed by atoms with van der Waals surface area (Å²) in [7, 11) is 0. The number of pyridine rings is 1. The van der Waals surface area contributed by atoms with Crippen molar-refractivity contribution in [3.8, 4) is 11.4 Å². The van der Waals surface area contributed by atoms with Crippen molar-refractivity contribution in [1.29, 1.82) is 0 Å². The van der Waals surface area contributed by atoms with Crippen molar-refractivity contribution in [1.82, 2.24) is 24.9 Å². The fourth-order valence-electron chi connectivity index (χ4n) is 3.12. The molecule has 1 saturated heterocycles. The molecule has 0 radical (unpaired) electrons. The first-order valence-corrected chi connectivity index (χ1v) is 9.91. The van der Waals surface area contributed by atoms with Crippen LogP contribution in [0.4, 0.5) is 0 Å². The zero-order valence-electron chi connectivity index (χ0n) is 15.0. The van der Waals surface area contributed by atoms with Crippen molar-refractivity contribution < 1.29 is 9.32 Å². The highest BCUT2D eigenvalue weighted by Gasteiger charge is 2.21. The van der Waals surface area contributed by atoms with Crippen molar-refractivity contribution >= 4 is 17.2 Å². The third-order valence-electron chi connectivity index (χ3n) is 4.63. The summed E-state index contributed by atoms with van der Waals surface area (Å²) < 4.78 is 5.27. The Bertz CT molecular complexity index is 857. The lowest BCUT2D eigenvalue weighted by molar-refractivity contribution is -0.133. The third kappa shape index (κ3) is 4.58. The number of hydrogen-bond donors (Lipinski definition) is 0. The molecule has 3 aromatic rings. The predicted octanol–water partition coefficient (Wildman–Crippen LogP) is 2.47. The number of thiophene rings is 1. The maximum Gasteiger partial charge on any atom is 0.227 e. The van der Waals surface area contributed by atoms with Gasteiger partial charge in [0.25, 0.3) is 0 Å². The molecule has 4 heterocycles. The molecule has 1 aliphatic heterocycles. The van der Waals surface area contributed by atoms with Crippen molar-refractivity contribution in [3.05, 3.63) is 52.8 Å². The summed E-state index contributed by atoms with van der Waals surface area (Å²) in [6, 6.07) is 7.94. The van der Waals surface area contributed by atoms with Gasteiger partial charge in [0, 0.05) is 68.4 Å². The van der Waals surface area contributed by atoms with Gasteiger partial charge in [0.1, 0.15) is 0 Å². The van der Waals surface area contributed by atoms with Crippen LogP contribution < -0.4 is 0 Å². The first-order chi connectivity index (χ1) is 13.3. The maximum absolute atomic E-state index is 12.5. The zero-order chi connectivity index (χ0) is 18.5. The largest absolute Gasteiger partial charge is 0.340 e. The molecule has 0 N–H and O–H groups in total. The molecule has 0 aliphatic carbocycles.